The zero-order valence-corrected chi connectivity index (χ0v) is 7.96. The van der Waals surface area contributed by atoms with E-state index < -0.39 is 0 Å². The minimum absolute atomic E-state index is 0.185. The lowest BCUT2D eigenvalue weighted by atomic mass is 10.1. The van der Waals surface area contributed by atoms with Gasteiger partial charge >= 0.3 is 0 Å². The molecule has 0 aliphatic heterocycles. The molecule has 2 aromatic rings. The first-order valence-electron chi connectivity index (χ1n) is 4.42. The van der Waals surface area contributed by atoms with Crippen LogP contribution in [-0.4, -0.2) is 15.0 Å². The lowest BCUT2D eigenvalue weighted by Crippen LogP contribution is -2.00. The Morgan fingerprint density at radius 3 is 3.07 bits per heavy atom. The second-order valence-electron chi connectivity index (χ2n) is 3.06. The third kappa shape index (κ3) is 1.79. The third-order valence-electron chi connectivity index (χ3n) is 2.02. The monoisotopic (exact) mass is 199 g/mol. The SMILES string of the molecule is N#CCn1nncc1-c1cccc(N)c1. The Labute approximate surface area is 86.7 Å². The summed E-state index contributed by atoms with van der Waals surface area (Å²) in [5, 5.41) is 16.2. The molecule has 1 aromatic heterocycles. The maximum absolute atomic E-state index is 8.60. The number of benzene rings is 1. The Bertz CT molecular complexity index is 509. The summed E-state index contributed by atoms with van der Waals surface area (Å²) < 4.78 is 1.54. The van der Waals surface area contributed by atoms with E-state index in [1.165, 1.54) is 4.68 Å². The molecular formula is C10H9N5. The summed E-state index contributed by atoms with van der Waals surface area (Å²) in [6, 6.07) is 9.42. The third-order valence-corrected chi connectivity index (χ3v) is 2.02. The summed E-state index contributed by atoms with van der Waals surface area (Å²) in [7, 11) is 0. The highest BCUT2D eigenvalue weighted by molar-refractivity contribution is 5.63. The average Bonchev–Trinajstić information content (AvgIpc) is 2.66. The highest BCUT2D eigenvalue weighted by Gasteiger charge is 2.05. The van der Waals surface area contributed by atoms with Gasteiger partial charge in [0.05, 0.1) is 18.0 Å². The van der Waals surface area contributed by atoms with Gasteiger partial charge in [0.2, 0.25) is 0 Å². The number of aromatic nitrogens is 3. The molecule has 5 nitrogen and oxygen atoms in total. The maximum atomic E-state index is 8.60. The standard InChI is InChI=1S/C10H9N5/c11-4-5-15-10(7-13-14-15)8-2-1-3-9(12)6-8/h1-3,6-7H,5,12H2. The summed E-state index contributed by atoms with van der Waals surface area (Å²) in [6.45, 7) is 0.185. The number of anilines is 1. The lowest BCUT2D eigenvalue weighted by molar-refractivity contribution is 0.674. The van der Waals surface area contributed by atoms with Gasteiger partial charge in [0.25, 0.3) is 0 Å². The maximum Gasteiger partial charge on any atom is 0.130 e. The van der Waals surface area contributed by atoms with Crippen molar-refractivity contribution >= 4 is 5.69 Å². The molecule has 5 heteroatoms. The first-order valence-corrected chi connectivity index (χ1v) is 4.42. The Balaban J connectivity index is 2.45. The second-order valence-corrected chi connectivity index (χ2v) is 3.06. The van der Waals surface area contributed by atoms with E-state index in [-0.39, 0.29) is 6.54 Å². The van der Waals surface area contributed by atoms with Crippen LogP contribution in [0.2, 0.25) is 0 Å². The van der Waals surface area contributed by atoms with Crippen molar-refractivity contribution in [3.8, 4) is 17.3 Å². The molecule has 0 fully saturated rings. The summed E-state index contributed by atoms with van der Waals surface area (Å²) in [5.74, 6) is 0. The van der Waals surface area contributed by atoms with E-state index in [2.05, 4.69) is 10.3 Å². The summed E-state index contributed by atoms with van der Waals surface area (Å²) >= 11 is 0. The first-order chi connectivity index (χ1) is 7.31. The molecule has 0 saturated carbocycles. The predicted molar refractivity (Wildman–Crippen MR) is 55.5 cm³/mol. The number of nitrogens with zero attached hydrogens (tertiary/aromatic N) is 4. The molecule has 74 valence electrons. The van der Waals surface area contributed by atoms with Crippen molar-refractivity contribution in [1.29, 1.82) is 5.26 Å². The first kappa shape index (κ1) is 9.21. The number of hydrogen-bond donors (Lipinski definition) is 1. The van der Waals surface area contributed by atoms with Gasteiger partial charge in [-0.2, -0.15) is 5.26 Å². The summed E-state index contributed by atoms with van der Waals surface area (Å²) in [4.78, 5) is 0. The van der Waals surface area contributed by atoms with E-state index in [0.717, 1.165) is 11.3 Å². The van der Waals surface area contributed by atoms with Crippen molar-refractivity contribution in [3.63, 3.8) is 0 Å². The van der Waals surface area contributed by atoms with Gasteiger partial charge in [-0.25, -0.2) is 4.68 Å². The van der Waals surface area contributed by atoms with Gasteiger partial charge in [-0.3, -0.25) is 0 Å². The highest BCUT2D eigenvalue weighted by atomic mass is 15.4. The molecule has 1 heterocycles. The van der Waals surface area contributed by atoms with E-state index in [1.54, 1.807) is 6.20 Å². The fraction of sp³-hybridized carbons (Fsp3) is 0.100. The predicted octanol–water partition coefficient (Wildman–Crippen LogP) is 1.05. The minimum atomic E-state index is 0.185. The van der Waals surface area contributed by atoms with Gasteiger partial charge in [-0.1, -0.05) is 17.3 Å². The van der Waals surface area contributed by atoms with E-state index in [1.807, 2.05) is 30.3 Å². The molecule has 0 atom stereocenters. The van der Waals surface area contributed by atoms with E-state index in [0.29, 0.717) is 5.69 Å². The molecule has 1 aromatic carbocycles. The molecule has 0 spiro atoms. The van der Waals surface area contributed by atoms with Crippen LogP contribution in [-0.2, 0) is 6.54 Å². The van der Waals surface area contributed by atoms with Crippen LogP contribution in [0.15, 0.2) is 30.5 Å². The number of hydrogen-bond acceptors (Lipinski definition) is 4. The van der Waals surface area contributed by atoms with E-state index in [4.69, 9.17) is 11.0 Å². The Kier molecular flexibility index (Phi) is 2.33. The van der Waals surface area contributed by atoms with Crippen molar-refractivity contribution in [2.45, 2.75) is 6.54 Å². The van der Waals surface area contributed by atoms with Gasteiger partial charge < -0.3 is 5.73 Å². The van der Waals surface area contributed by atoms with Gasteiger partial charge in [-0.05, 0) is 12.1 Å². The molecule has 0 radical (unpaired) electrons. The zero-order valence-electron chi connectivity index (χ0n) is 7.96. The lowest BCUT2D eigenvalue weighted by Gasteiger charge is -2.02. The molecular weight excluding hydrogens is 190 g/mol. The van der Waals surface area contributed by atoms with Crippen LogP contribution in [0.4, 0.5) is 5.69 Å². The Morgan fingerprint density at radius 2 is 2.33 bits per heavy atom. The molecule has 0 saturated heterocycles. The molecule has 2 rings (SSSR count). The molecule has 0 unspecified atom stereocenters. The van der Waals surface area contributed by atoms with Crippen LogP contribution >= 0.6 is 0 Å². The van der Waals surface area contributed by atoms with Crippen molar-refractivity contribution in [3.05, 3.63) is 30.5 Å². The van der Waals surface area contributed by atoms with Crippen LogP contribution in [0.25, 0.3) is 11.3 Å². The topological polar surface area (TPSA) is 80.5 Å². The Morgan fingerprint density at radius 1 is 1.47 bits per heavy atom. The Hall–Kier alpha value is -2.35. The number of nitriles is 1. The van der Waals surface area contributed by atoms with Gasteiger partial charge in [0.15, 0.2) is 0 Å². The average molecular weight is 199 g/mol. The van der Waals surface area contributed by atoms with Gasteiger partial charge in [-0.15, -0.1) is 5.10 Å². The molecule has 0 bridgehead atoms. The minimum Gasteiger partial charge on any atom is -0.399 e. The van der Waals surface area contributed by atoms with Crippen LogP contribution < -0.4 is 5.73 Å². The van der Waals surface area contributed by atoms with E-state index in [9.17, 15) is 0 Å². The molecule has 2 N–H and O–H groups in total. The van der Waals surface area contributed by atoms with Crippen molar-refractivity contribution in [2.24, 2.45) is 0 Å². The quantitative estimate of drug-likeness (QED) is 0.733. The normalized spacial score (nSPS) is 9.80. The summed E-state index contributed by atoms with van der Waals surface area (Å²) in [6.07, 6.45) is 1.62. The fourth-order valence-electron chi connectivity index (χ4n) is 1.36. The second kappa shape index (κ2) is 3.80. The van der Waals surface area contributed by atoms with Gasteiger partial charge in [0.1, 0.15) is 6.54 Å². The highest BCUT2D eigenvalue weighted by Crippen LogP contribution is 2.19. The molecule has 0 aliphatic rings. The van der Waals surface area contributed by atoms with Crippen LogP contribution in [0, 0.1) is 11.3 Å². The number of nitrogens with two attached hydrogens (primary N) is 1. The molecule has 0 amide bonds. The van der Waals surface area contributed by atoms with E-state index >= 15 is 0 Å². The fourth-order valence-corrected chi connectivity index (χ4v) is 1.36. The van der Waals surface area contributed by atoms with Crippen molar-refractivity contribution in [1.82, 2.24) is 15.0 Å². The zero-order chi connectivity index (χ0) is 10.7. The van der Waals surface area contributed by atoms with Crippen LogP contribution in [0.1, 0.15) is 0 Å². The number of rotatable bonds is 2. The van der Waals surface area contributed by atoms with Gasteiger partial charge in [0, 0.05) is 11.3 Å². The molecule has 15 heavy (non-hydrogen) atoms. The molecule has 0 aliphatic carbocycles. The van der Waals surface area contributed by atoms with Crippen molar-refractivity contribution in [2.75, 3.05) is 5.73 Å². The summed E-state index contributed by atoms with van der Waals surface area (Å²) in [5.41, 5.74) is 8.06. The van der Waals surface area contributed by atoms with Crippen LogP contribution in [0.3, 0.4) is 0 Å². The van der Waals surface area contributed by atoms with Crippen molar-refractivity contribution < 1.29 is 0 Å². The number of nitrogen functional groups attached to an aromatic ring is 1. The smallest absolute Gasteiger partial charge is 0.130 e. The largest absolute Gasteiger partial charge is 0.399 e. The van der Waals surface area contributed by atoms with Crippen LogP contribution in [0.5, 0.6) is 0 Å².